The summed E-state index contributed by atoms with van der Waals surface area (Å²) < 4.78 is 38.4. The summed E-state index contributed by atoms with van der Waals surface area (Å²) in [6, 6.07) is 4.27. The van der Waals surface area contributed by atoms with Gasteiger partial charge in [0.1, 0.15) is 0 Å². The van der Waals surface area contributed by atoms with Crippen molar-refractivity contribution in [1.82, 2.24) is 10.6 Å². The molecule has 21 heavy (non-hydrogen) atoms. The molecule has 0 bridgehead atoms. The number of carbonyl (C=O) groups is 1. The van der Waals surface area contributed by atoms with Crippen LogP contribution < -0.4 is 16.0 Å². The van der Waals surface area contributed by atoms with Crippen molar-refractivity contribution in [3.8, 4) is 0 Å². The van der Waals surface area contributed by atoms with Gasteiger partial charge in [0.2, 0.25) is 0 Å². The number of halogens is 3. The lowest BCUT2D eigenvalue weighted by atomic mass is 10.0. The van der Waals surface area contributed by atoms with Gasteiger partial charge in [0, 0.05) is 12.1 Å². The fourth-order valence-electron chi connectivity index (χ4n) is 2.39. The van der Waals surface area contributed by atoms with E-state index in [1.807, 2.05) is 6.92 Å². The molecule has 0 aliphatic carbocycles. The second-order valence-corrected chi connectivity index (χ2v) is 5.44. The minimum absolute atomic E-state index is 0.194. The Morgan fingerprint density at radius 1 is 1.38 bits per heavy atom. The Morgan fingerprint density at radius 2 is 2.10 bits per heavy atom. The van der Waals surface area contributed by atoms with Crippen molar-refractivity contribution in [2.24, 2.45) is 0 Å². The van der Waals surface area contributed by atoms with E-state index in [-0.39, 0.29) is 11.2 Å². The molecule has 116 valence electrons. The van der Waals surface area contributed by atoms with E-state index in [2.05, 4.69) is 16.0 Å². The molecule has 7 heteroatoms. The normalized spacial score (nSPS) is 22.1. The molecule has 1 saturated heterocycles. The molecule has 1 aromatic carbocycles. The Bertz CT molecular complexity index is 510. The summed E-state index contributed by atoms with van der Waals surface area (Å²) in [5.41, 5.74) is -1.29. The number of anilines is 1. The van der Waals surface area contributed by atoms with Crippen LogP contribution in [0.25, 0.3) is 0 Å². The minimum atomic E-state index is -4.50. The van der Waals surface area contributed by atoms with E-state index < -0.39 is 17.8 Å². The molecule has 4 nitrogen and oxygen atoms in total. The van der Waals surface area contributed by atoms with Gasteiger partial charge in [0.15, 0.2) is 0 Å². The van der Waals surface area contributed by atoms with Gasteiger partial charge in [0.25, 0.3) is 0 Å². The summed E-state index contributed by atoms with van der Waals surface area (Å²) in [5.74, 6) is 0. The Balaban J connectivity index is 1.97. The van der Waals surface area contributed by atoms with Crippen LogP contribution in [0.3, 0.4) is 0 Å². The van der Waals surface area contributed by atoms with Gasteiger partial charge in [0.05, 0.1) is 11.3 Å². The lowest BCUT2D eigenvalue weighted by molar-refractivity contribution is -0.136. The SMILES string of the molecule is CC1(CNC(=O)Nc2ccccc2C(F)(F)F)CCCN1. The van der Waals surface area contributed by atoms with Crippen molar-refractivity contribution in [3.05, 3.63) is 29.8 Å². The average molecular weight is 301 g/mol. The highest BCUT2D eigenvalue weighted by molar-refractivity contribution is 5.90. The third-order valence-corrected chi connectivity index (χ3v) is 3.58. The van der Waals surface area contributed by atoms with Crippen molar-refractivity contribution >= 4 is 11.7 Å². The van der Waals surface area contributed by atoms with E-state index in [1.165, 1.54) is 18.2 Å². The van der Waals surface area contributed by atoms with Gasteiger partial charge in [-0.05, 0) is 38.4 Å². The first-order valence-electron chi connectivity index (χ1n) is 6.76. The first-order chi connectivity index (χ1) is 9.80. The molecule has 2 amide bonds. The largest absolute Gasteiger partial charge is 0.418 e. The second kappa shape index (κ2) is 5.93. The van der Waals surface area contributed by atoms with E-state index in [0.717, 1.165) is 25.5 Å². The number of nitrogens with one attached hydrogen (secondary N) is 3. The number of urea groups is 1. The van der Waals surface area contributed by atoms with E-state index >= 15 is 0 Å². The van der Waals surface area contributed by atoms with E-state index in [9.17, 15) is 18.0 Å². The summed E-state index contributed by atoms with van der Waals surface area (Å²) in [4.78, 5) is 11.8. The van der Waals surface area contributed by atoms with E-state index in [0.29, 0.717) is 6.54 Å². The van der Waals surface area contributed by atoms with E-state index in [1.54, 1.807) is 0 Å². The molecule has 1 unspecified atom stereocenters. The van der Waals surface area contributed by atoms with Crippen LogP contribution in [-0.2, 0) is 6.18 Å². The maximum atomic E-state index is 12.8. The average Bonchev–Trinajstić information content (AvgIpc) is 2.83. The molecular formula is C14H18F3N3O. The number of rotatable bonds is 3. The monoisotopic (exact) mass is 301 g/mol. The molecule has 1 aliphatic heterocycles. The van der Waals surface area contributed by atoms with Crippen molar-refractivity contribution in [3.63, 3.8) is 0 Å². The van der Waals surface area contributed by atoms with Gasteiger partial charge in [-0.2, -0.15) is 13.2 Å². The highest BCUT2D eigenvalue weighted by Gasteiger charge is 2.34. The maximum Gasteiger partial charge on any atom is 0.418 e. The van der Waals surface area contributed by atoms with Crippen molar-refractivity contribution < 1.29 is 18.0 Å². The quantitative estimate of drug-likeness (QED) is 0.804. The number of alkyl halides is 3. The third-order valence-electron chi connectivity index (χ3n) is 3.58. The van der Waals surface area contributed by atoms with Crippen LogP contribution >= 0.6 is 0 Å². The second-order valence-electron chi connectivity index (χ2n) is 5.44. The van der Waals surface area contributed by atoms with Crippen LogP contribution in [-0.4, -0.2) is 24.7 Å². The number of carbonyl (C=O) groups excluding carboxylic acids is 1. The Kier molecular flexibility index (Phi) is 4.41. The van der Waals surface area contributed by atoms with Crippen LogP contribution in [0.5, 0.6) is 0 Å². The van der Waals surface area contributed by atoms with Crippen molar-refractivity contribution in [1.29, 1.82) is 0 Å². The molecule has 0 aromatic heterocycles. The van der Waals surface area contributed by atoms with Crippen LogP contribution in [0.15, 0.2) is 24.3 Å². The number of benzene rings is 1. The molecule has 2 rings (SSSR count). The fourth-order valence-corrected chi connectivity index (χ4v) is 2.39. The van der Waals surface area contributed by atoms with Crippen LogP contribution in [0.1, 0.15) is 25.3 Å². The molecule has 1 atom stereocenters. The van der Waals surface area contributed by atoms with Gasteiger partial charge in [-0.25, -0.2) is 4.79 Å². The van der Waals surface area contributed by atoms with Crippen LogP contribution in [0, 0.1) is 0 Å². The smallest absolute Gasteiger partial charge is 0.336 e. The lowest BCUT2D eigenvalue weighted by Gasteiger charge is -2.24. The number of para-hydroxylation sites is 1. The molecule has 1 fully saturated rings. The summed E-state index contributed by atoms with van der Waals surface area (Å²) in [7, 11) is 0. The van der Waals surface area contributed by atoms with Gasteiger partial charge in [-0.3, -0.25) is 0 Å². The maximum absolute atomic E-state index is 12.8. The molecule has 1 aromatic rings. The summed E-state index contributed by atoms with van der Waals surface area (Å²) in [6.45, 7) is 3.23. The summed E-state index contributed by atoms with van der Waals surface area (Å²) in [5, 5.41) is 8.14. The van der Waals surface area contributed by atoms with Crippen LogP contribution in [0.2, 0.25) is 0 Å². The van der Waals surface area contributed by atoms with Gasteiger partial charge in [-0.15, -0.1) is 0 Å². The zero-order valence-electron chi connectivity index (χ0n) is 11.7. The highest BCUT2D eigenvalue weighted by atomic mass is 19.4. The third kappa shape index (κ3) is 4.10. The zero-order valence-corrected chi connectivity index (χ0v) is 11.7. The fraction of sp³-hybridized carbons (Fsp3) is 0.500. The Hall–Kier alpha value is -1.76. The predicted octanol–water partition coefficient (Wildman–Crippen LogP) is 2.97. The summed E-state index contributed by atoms with van der Waals surface area (Å²) >= 11 is 0. The standard InChI is InChI=1S/C14H18F3N3O/c1-13(7-4-8-19-13)9-18-12(21)20-11-6-3-2-5-10(11)14(15,16)17/h2-3,5-6,19H,4,7-9H2,1H3,(H2,18,20,21). The van der Waals surface area contributed by atoms with Gasteiger partial charge in [-0.1, -0.05) is 12.1 Å². The molecule has 1 heterocycles. The topological polar surface area (TPSA) is 53.2 Å². The highest BCUT2D eigenvalue weighted by Crippen LogP contribution is 2.34. The number of hydrogen-bond acceptors (Lipinski definition) is 2. The number of amides is 2. The molecule has 0 spiro atoms. The van der Waals surface area contributed by atoms with Gasteiger partial charge < -0.3 is 16.0 Å². The molecule has 0 saturated carbocycles. The van der Waals surface area contributed by atoms with Crippen molar-refractivity contribution in [2.75, 3.05) is 18.4 Å². The van der Waals surface area contributed by atoms with Crippen LogP contribution in [0.4, 0.5) is 23.7 Å². The van der Waals surface area contributed by atoms with Crippen molar-refractivity contribution in [2.45, 2.75) is 31.5 Å². The van der Waals surface area contributed by atoms with Gasteiger partial charge >= 0.3 is 12.2 Å². The first kappa shape index (κ1) is 15.6. The molecule has 1 aliphatic rings. The summed E-state index contributed by atoms with van der Waals surface area (Å²) in [6.07, 6.45) is -2.55. The van der Waals surface area contributed by atoms with E-state index in [4.69, 9.17) is 0 Å². The molecule has 3 N–H and O–H groups in total. The lowest BCUT2D eigenvalue weighted by Crippen LogP contribution is -2.48. The predicted molar refractivity (Wildman–Crippen MR) is 74.1 cm³/mol. The molecular weight excluding hydrogens is 283 g/mol. The molecule has 0 radical (unpaired) electrons. The minimum Gasteiger partial charge on any atom is -0.336 e. The first-order valence-corrected chi connectivity index (χ1v) is 6.76. The Labute approximate surface area is 121 Å². The zero-order chi connectivity index (χ0) is 15.5. The number of hydrogen-bond donors (Lipinski definition) is 3. The Morgan fingerprint density at radius 3 is 2.71 bits per heavy atom.